The van der Waals surface area contributed by atoms with E-state index in [9.17, 15) is 4.79 Å². The van der Waals surface area contributed by atoms with Crippen molar-refractivity contribution in [2.75, 3.05) is 0 Å². The maximum atomic E-state index is 12.0. The molecule has 0 saturated heterocycles. The Morgan fingerprint density at radius 2 is 1.77 bits per heavy atom. The number of hydrogen-bond acceptors (Lipinski definition) is 2. The van der Waals surface area contributed by atoms with E-state index in [1.807, 2.05) is 55.5 Å². The first-order valence-electron chi connectivity index (χ1n) is 7.37. The lowest BCUT2D eigenvalue weighted by Crippen LogP contribution is -2.18. The number of aryl methyl sites for hydroxylation is 1. The molecule has 3 nitrogen and oxygen atoms in total. The molecule has 114 valence electrons. The van der Waals surface area contributed by atoms with Crippen LogP contribution in [0.15, 0.2) is 53.6 Å². The highest BCUT2D eigenvalue weighted by Crippen LogP contribution is 2.22. The van der Waals surface area contributed by atoms with E-state index in [2.05, 4.69) is 31.3 Å². The summed E-state index contributed by atoms with van der Waals surface area (Å²) in [5, 5.41) is 4.01. The van der Waals surface area contributed by atoms with Crippen LogP contribution in [0, 0.1) is 6.92 Å². The summed E-state index contributed by atoms with van der Waals surface area (Å²) in [4.78, 5) is 12.0. The predicted molar refractivity (Wildman–Crippen MR) is 91.4 cm³/mol. The van der Waals surface area contributed by atoms with Crippen molar-refractivity contribution in [1.29, 1.82) is 0 Å². The molecule has 0 unspecified atom stereocenters. The molecule has 0 bridgehead atoms. The first kappa shape index (κ1) is 16.0. The Bertz CT molecular complexity index is 679. The zero-order chi connectivity index (χ0) is 16.2. The van der Waals surface area contributed by atoms with Crippen LogP contribution in [0.1, 0.15) is 47.8 Å². The molecule has 0 atom stereocenters. The fourth-order valence-corrected chi connectivity index (χ4v) is 2.10. The molecule has 2 rings (SSSR count). The molecule has 0 aromatic heterocycles. The average Bonchev–Trinajstić information content (AvgIpc) is 2.46. The summed E-state index contributed by atoms with van der Waals surface area (Å²) in [7, 11) is 0. The maximum absolute atomic E-state index is 12.0. The molecule has 1 N–H and O–H groups in total. The second-order valence-electron chi connectivity index (χ2n) is 6.44. The third-order valence-corrected chi connectivity index (χ3v) is 3.43. The van der Waals surface area contributed by atoms with Gasteiger partial charge in [-0.05, 0) is 35.6 Å². The van der Waals surface area contributed by atoms with Gasteiger partial charge in [0.25, 0.3) is 5.91 Å². The van der Waals surface area contributed by atoms with Gasteiger partial charge in [-0.1, -0.05) is 62.7 Å². The Morgan fingerprint density at radius 3 is 2.36 bits per heavy atom. The second-order valence-corrected chi connectivity index (χ2v) is 6.44. The molecule has 0 radical (unpaired) electrons. The third kappa shape index (κ3) is 4.29. The van der Waals surface area contributed by atoms with Gasteiger partial charge in [0.2, 0.25) is 0 Å². The van der Waals surface area contributed by atoms with Gasteiger partial charge in [0.05, 0.1) is 6.21 Å². The monoisotopic (exact) mass is 294 g/mol. The van der Waals surface area contributed by atoms with Gasteiger partial charge in [0.15, 0.2) is 0 Å². The van der Waals surface area contributed by atoms with E-state index in [0.717, 1.165) is 11.1 Å². The van der Waals surface area contributed by atoms with Crippen molar-refractivity contribution in [1.82, 2.24) is 5.43 Å². The standard InChI is InChI=1S/C19H22N2O/c1-14-6-5-7-15(12-14)13-20-21-18(22)16-8-10-17(11-9-16)19(2,3)4/h5-13H,1-4H3,(H,21,22). The Hall–Kier alpha value is -2.42. The fourth-order valence-electron chi connectivity index (χ4n) is 2.10. The van der Waals surface area contributed by atoms with Crippen LogP contribution in [0.3, 0.4) is 0 Å². The summed E-state index contributed by atoms with van der Waals surface area (Å²) in [5.41, 5.74) is 6.57. The molecule has 0 spiro atoms. The predicted octanol–water partition coefficient (Wildman–Crippen LogP) is 4.06. The lowest BCUT2D eigenvalue weighted by molar-refractivity contribution is 0.0955. The molecule has 22 heavy (non-hydrogen) atoms. The highest BCUT2D eigenvalue weighted by Gasteiger charge is 2.14. The topological polar surface area (TPSA) is 41.5 Å². The van der Waals surface area contributed by atoms with Crippen molar-refractivity contribution in [2.45, 2.75) is 33.1 Å². The Balaban J connectivity index is 2.00. The number of hydrogen-bond donors (Lipinski definition) is 1. The third-order valence-electron chi connectivity index (χ3n) is 3.43. The number of nitrogens with zero attached hydrogens (tertiary/aromatic N) is 1. The zero-order valence-electron chi connectivity index (χ0n) is 13.6. The minimum Gasteiger partial charge on any atom is -0.267 e. The molecular weight excluding hydrogens is 272 g/mol. The molecule has 2 aromatic rings. The van der Waals surface area contributed by atoms with Gasteiger partial charge in [-0.3, -0.25) is 4.79 Å². The van der Waals surface area contributed by atoms with Crippen LogP contribution in [0.2, 0.25) is 0 Å². The van der Waals surface area contributed by atoms with Crippen molar-refractivity contribution < 1.29 is 4.79 Å². The van der Waals surface area contributed by atoms with Gasteiger partial charge >= 0.3 is 0 Å². The zero-order valence-corrected chi connectivity index (χ0v) is 13.6. The summed E-state index contributed by atoms with van der Waals surface area (Å²) in [6, 6.07) is 15.6. The van der Waals surface area contributed by atoms with Gasteiger partial charge in [-0.15, -0.1) is 0 Å². The van der Waals surface area contributed by atoms with Gasteiger partial charge in [0, 0.05) is 5.56 Å². The van der Waals surface area contributed by atoms with Crippen LogP contribution in [0.5, 0.6) is 0 Å². The van der Waals surface area contributed by atoms with Crippen molar-refractivity contribution >= 4 is 12.1 Å². The number of nitrogens with one attached hydrogen (secondary N) is 1. The smallest absolute Gasteiger partial charge is 0.267 e. The van der Waals surface area contributed by atoms with E-state index in [-0.39, 0.29) is 11.3 Å². The van der Waals surface area contributed by atoms with Gasteiger partial charge < -0.3 is 0 Å². The number of benzene rings is 2. The lowest BCUT2D eigenvalue weighted by Gasteiger charge is -2.18. The molecule has 0 aliphatic rings. The minimum absolute atomic E-state index is 0.0817. The molecule has 0 heterocycles. The number of carbonyl (C=O) groups excluding carboxylic acids is 1. The van der Waals surface area contributed by atoms with Crippen molar-refractivity contribution in [2.24, 2.45) is 5.10 Å². The maximum Gasteiger partial charge on any atom is 0.271 e. The summed E-state index contributed by atoms with van der Waals surface area (Å²) in [6.45, 7) is 8.46. The number of carbonyl (C=O) groups is 1. The molecule has 0 aliphatic heterocycles. The Morgan fingerprint density at radius 1 is 1.09 bits per heavy atom. The van der Waals surface area contributed by atoms with Gasteiger partial charge in [-0.25, -0.2) is 5.43 Å². The first-order chi connectivity index (χ1) is 10.4. The van der Waals surface area contributed by atoms with E-state index < -0.39 is 0 Å². The number of rotatable bonds is 3. The summed E-state index contributed by atoms with van der Waals surface area (Å²) in [6.07, 6.45) is 1.65. The van der Waals surface area contributed by atoms with Crippen LogP contribution < -0.4 is 5.43 Å². The minimum atomic E-state index is -0.204. The fraction of sp³-hybridized carbons (Fsp3) is 0.263. The quantitative estimate of drug-likeness (QED) is 0.673. The highest BCUT2D eigenvalue weighted by atomic mass is 16.2. The Kier molecular flexibility index (Phi) is 4.76. The van der Waals surface area contributed by atoms with Crippen LogP contribution in [0.4, 0.5) is 0 Å². The molecule has 3 heteroatoms. The van der Waals surface area contributed by atoms with Crippen molar-refractivity contribution in [3.8, 4) is 0 Å². The summed E-state index contributed by atoms with van der Waals surface area (Å²) < 4.78 is 0. The molecule has 0 saturated carbocycles. The van der Waals surface area contributed by atoms with Gasteiger partial charge in [0.1, 0.15) is 0 Å². The van der Waals surface area contributed by atoms with Crippen LogP contribution in [-0.2, 0) is 5.41 Å². The van der Waals surface area contributed by atoms with Crippen LogP contribution in [0.25, 0.3) is 0 Å². The summed E-state index contributed by atoms with van der Waals surface area (Å²) in [5.74, 6) is -0.204. The Labute approximate surface area is 132 Å². The molecule has 0 fully saturated rings. The molecule has 1 amide bonds. The molecular formula is C19H22N2O. The highest BCUT2D eigenvalue weighted by molar-refractivity contribution is 5.94. The van der Waals surface area contributed by atoms with E-state index in [1.54, 1.807) is 6.21 Å². The first-order valence-corrected chi connectivity index (χ1v) is 7.37. The van der Waals surface area contributed by atoms with Gasteiger partial charge in [-0.2, -0.15) is 5.10 Å². The lowest BCUT2D eigenvalue weighted by atomic mass is 9.87. The van der Waals surface area contributed by atoms with E-state index in [4.69, 9.17) is 0 Å². The normalized spacial score (nSPS) is 11.6. The molecule has 0 aliphatic carbocycles. The molecule has 2 aromatic carbocycles. The largest absolute Gasteiger partial charge is 0.271 e. The van der Waals surface area contributed by atoms with E-state index in [0.29, 0.717) is 5.56 Å². The summed E-state index contributed by atoms with van der Waals surface area (Å²) >= 11 is 0. The van der Waals surface area contributed by atoms with Crippen LogP contribution >= 0.6 is 0 Å². The van der Waals surface area contributed by atoms with Crippen molar-refractivity contribution in [3.05, 3.63) is 70.8 Å². The van der Waals surface area contributed by atoms with Crippen LogP contribution in [-0.4, -0.2) is 12.1 Å². The number of hydrazone groups is 1. The van der Waals surface area contributed by atoms with E-state index >= 15 is 0 Å². The average molecular weight is 294 g/mol. The second kappa shape index (κ2) is 6.56. The SMILES string of the molecule is Cc1cccc(C=NNC(=O)c2ccc(C(C)(C)C)cc2)c1. The number of amides is 1. The van der Waals surface area contributed by atoms with Crippen molar-refractivity contribution in [3.63, 3.8) is 0 Å². The van der Waals surface area contributed by atoms with E-state index in [1.165, 1.54) is 5.56 Å².